The molecule has 0 radical (unpaired) electrons. The highest BCUT2D eigenvalue weighted by molar-refractivity contribution is 8.03. The summed E-state index contributed by atoms with van der Waals surface area (Å²) in [5, 5.41) is 2.52. The van der Waals surface area contributed by atoms with Gasteiger partial charge in [0.25, 0.3) is 0 Å². The number of thioether (sulfide) groups is 1. The third-order valence-electron chi connectivity index (χ3n) is 5.32. The van der Waals surface area contributed by atoms with Crippen molar-refractivity contribution in [3.05, 3.63) is 95.7 Å². The van der Waals surface area contributed by atoms with Crippen molar-refractivity contribution in [3.63, 3.8) is 0 Å². The zero-order valence-electron chi connectivity index (χ0n) is 16.3. The van der Waals surface area contributed by atoms with Crippen LogP contribution in [-0.4, -0.2) is 7.05 Å². The van der Waals surface area contributed by atoms with Crippen molar-refractivity contribution < 1.29 is 28.5 Å². The first-order valence-electron chi connectivity index (χ1n) is 9.41. The molecule has 0 spiro atoms. The lowest BCUT2D eigenvalue weighted by Gasteiger charge is -2.13. The number of benzene rings is 3. The van der Waals surface area contributed by atoms with Crippen molar-refractivity contribution in [2.75, 3.05) is 11.9 Å². The van der Waals surface area contributed by atoms with Crippen LogP contribution in [0.3, 0.4) is 0 Å². The summed E-state index contributed by atoms with van der Waals surface area (Å²) in [5.41, 5.74) is 6.24. The lowest BCUT2D eigenvalue weighted by Crippen LogP contribution is -3.00. The maximum Gasteiger partial charge on any atom is 0.212 e. The second-order valence-corrected chi connectivity index (χ2v) is 8.15. The molecular formula is C25H21IN2S. The number of aryl methyl sites for hydroxylation is 1. The quantitative estimate of drug-likeness (QED) is 0.304. The molecule has 0 saturated carbocycles. The number of halogens is 1. The van der Waals surface area contributed by atoms with Crippen LogP contribution in [0.2, 0.25) is 0 Å². The highest BCUT2D eigenvalue weighted by Crippen LogP contribution is 2.45. The summed E-state index contributed by atoms with van der Waals surface area (Å²) in [7, 11) is 4.25. The van der Waals surface area contributed by atoms with Crippen molar-refractivity contribution in [1.29, 1.82) is 0 Å². The van der Waals surface area contributed by atoms with Crippen LogP contribution in [0.4, 0.5) is 5.69 Å². The molecule has 1 aliphatic heterocycles. The van der Waals surface area contributed by atoms with Gasteiger partial charge in [0.1, 0.15) is 7.05 Å². The number of rotatable bonds is 2. The predicted octanol–water partition coefficient (Wildman–Crippen LogP) is 2.88. The van der Waals surface area contributed by atoms with Gasteiger partial charge in [-0.1, -0.05) is 54.2 Å². The van der Waals surface area contributed by atoms with Crippen LogP contribution in [0, 0.1) is 0 Å². The van der Waals surface area contributed by atoms with E-state index in [2.05, 4.69) is 115 Å². The number of para-hydroxylation sites is 1. The summed E-state index contributed by atoms with van der Waals surface area (Å²) in [6, 6.07) is 28.1. The standard InChI is InChI=1S/C25H21N2S.HI/c1-26-15-14-20(17-25-27(2)23-10-6-7-11-24(23)28-25)21-16-19(12-13-22(21)26)18-8-4-3-5-9-18;/h3-17H,1-2H3;1H/q+1;/p-1. The molecular weight excluding hydrogens is 487 g/mol. The molecule has 5 rings (SSSR count). The highest BCUT2D eigenvalue weighted by atomic mass is 127. The molecule has 1 aromatic heterocycles. The monoisotopic (exact) mass is 508 g/mol. The Bertz CT molecular complexity index is 1220. The average molecular weight is 508 g/mol. The van der Waals surface area contributed by atoms with Crippen LogP contribution in [0.1, 0.15) is 5.56 Å². The van der Waals surface area contributed by atoms with E-state index in [1.54, 1.807) is 0 Å². The van der Waals surface area contributed by atoms with Crippen molar-refractivity contribution in [2.24, 2.45) is 7.05 Å². The Hall–Kier alpha value is -2.31. The lowest BCUT2D eigenvalue weighted by molar-refractivity contribution is -0.644. The van der Waals surface area contributed by atoms with E-state index in [4.69, 9.17) is 0 Å². The molecule has 4 aromatic rings. The third-order valence-corrected chi connectivity index (χ3v) is 6.49. The molecule has 29 heavy (non-hydrogen) atoms. The molecule has 144 valence electrons. The van der Waals surface area contributed by atoms with Gasteiger partial charge < -0.3 is 28.9 Å². The molecule has 2 heterocycles. The van der Waals surface area contributed by atoms with E-state index in [1.165, 1.54) is 43.2 Å². The largest absolute Gasteiger partial charge is 1.00 e. The van der Waals surface area contributed by atoms with Gasteiger partial charge in [0, 0.05) is 24.1 Å². The molecule has 2 nitrogen and oxygen atoms in total. The minimum atomic E-state index is 0. The molecule has 0 unspecified atom stereocenters. The number of aromatic nitrogens is 1. The fraction of sp³-hybridized carbons (Fsp3) is 0.0800. The zero-order valence-corrected chi connectivity index (χ0v) is 19.3. The summed E-state index contributed by atoms with van der Waals surface area (Å²) < 4.78 is 2.19. The van der Waals surface area contributed by atoms with Gasteiger partial charge in [-0.3, -0.25) is 0 Å². The van der Waals surface area contributed by atoms with Gasteiger partial charge in [0.05, 0.1) is 16.1 Å². The maximum absolute atomic E-state index is 2.31. The molecule has 0 atom stereocenters. The smallest absolute Gasteiger partial charge is 0.212 e. The topological polar surface area (TPSA) is 7.12 Å². The van der Waals surface area contributed by atoms with Crippen molar-refractivity contribution >= 4 is 34.4 Å². The van der Waals surface area contributed by atoms with Gasteiger partial charge in [-0.05, 0) is 47.0 Å². The summed E-state index contributed by atoms with van der Waals surface area (Å²) >= 11 is 1.83. The number of hydrogen-bond donors (Lipinski definition) is 0. The van der Waals surface area contributed by atoms with Crippen molar-refractivity contribution in [3.8, 4) is 11.1 Å². The fourth-order valence-corrected chi connectivity index (χ4v) is 4.86. The van der Waals surface area contributed by atoms with E-state index in [0.717, 1.165) is 0 Å². The van der Waals surface area contributed by atoms with E-state index < -0.39 is 0 Å². The van der Waals surface area contributed by atoms with E-state index >= 15 is 0 Å². The number of pyridine rings is 1. The average Bonchev–Trinajstić information content (AvgIpc) is 3.06. The Morgan fingerprint density at radius 2 is 1.62 bits per heavy atom. The molecule has 0 aliphatic carbocycles. The van der Waals surface area contributed by atoms with Crippen molar-refractivity contribution in [1.82, 2.24) is 0 Å². The van der Waals surface area contributed by atoms with Crippen LogP contribution in [-0.2, 0) is 7.05 Å². The Balaban J connectivity index is 0.00000205. The minimum absolute atomic E-state index is 0. The van der Waals surface area contributed by atoms with Gasteiger partial charge in [0.15, 0.2) is 6.20 Å². The summed E-state index contributed by atoms with van der Waals surface area (Å²) in [6.45, 7) is 0. The number of nitrogens with zero attached hydrogens (tertiary/aromatic N) is 2. The molecule has 0 saturated heterocycles. The van der Waals surface area contributed by atoms with Gasteiger partial charge >= 0.3 is 0 Å². The Labute approximate surface area is 192 Å². The van der Waals surface area contributed by atoms with Crippen LogP contribution < -0.4 is 33.4 Å². The van der Waals surface area contributed by atoms with Crippen LogP contribution in [0.25, 0.3) is 28.1 Å². The Morgan fingerprint density at radius 1 is 0.862 bits per heavy atom. The molecule has 4 heteroatoms. The second-order valence-electron chi connectivity index (χ2n) is 7.09. The lowest BCUT2D eigenvalue weighted by atomic mass is 10.0. The van der Waals surface area contributed by atoms with E-state index in [9.17, 15) is 0 Å². The molecule has 3 aromatic carbocycles. The number of anilines is 1. The summed E-state index contributed by atoms with van der Waals surface area (Å²) in [6.07, 6.45) is 4.45. The van der Waals surface area contributed by atoms with Crippen LogP contribution in [0.15, 0.2) is 95.0 Å². The fourth-order valence-electron chi connectivity index (χ4n) is 3.75. The predicted molar refractivity (Wildman–Crippen MR) is 119 cm³/mol. The van der Waals surface area contributed by atoms with E-state index in [0.29, 0.717) is 0 Å². The Morgan fingerprint density at radius 3 is 2.41 bits per heavy atom. The van der Waals surface area contributed by atoms with Gasteiger partial charge in [-0.15, -0.1) is 0 Å². The molecule has 0 N–H and O–H groups in total. The highest BCUT2D eigenvalue weighted by Gasteiger charge is 2.22. The van der Waals surface area contributed by atoms with Gasteiger partial charge in [-0.25, -0.2) is 4.57 Å². The first kappa shape index (κ1) is 20.0. The van der Waals surface area contributed by atoms with Crippen LogP contribution >= 0.6 is 11.8 Å². The van der Waals surface area contributed by atoms with Gasteiger partial charge in [-0.2, -0.15) is 0 Å². The molecule has 0 amide bonds. The summed E-state index contributed by atoms with van der Waals surface area (Å²) in [5.74, 6) is 0. The van der Waals surface area contributed by atoms with Gasteiger partial charge in [0.2, 0.25) is 5.52 Å². The number of hydrogen-bond acceptors (Lipinski definition) is 2. The first-order chi connectivity index (χ1) is 13.7. The zero-order chi connectivity index (χ0) is 19.1. The molecule has 0 fully saturated rings. The second kappa shape index (κ2) is 8.20. The Kier molecular flexibility index (Phi) is 5.65. The van der Waals surface area contributed by atoms with E-state index in [-0.39, 0.29) is 24.0 Å². The molecule has 0 bridgehead atoms. The SMILES string of the molecule is CN1/C(=C/c2cc[n+](C)c3ccc(-c4ccccc4)cc23)Sc2ccccc21.[I-]. The first-order valence-corrected chi connectivity index (χ1v) is 10.2. The van der Waals surface area contributed by atoms with E-state index in [1.807, 2.05) is 11.8 Å². The molecule has 1 aliphatic rings. The minimum Gasteiger partial charge on any atom is -1.00 e. The van der Waals surface area contributed by atoms with Crippen LogP contribution in [0.5, 0.6) is 0 Å². The normalized spacial score (nSPS) is 14.1. The maximum atomic E-state index is 2.31. The van der Waals surface area contributed by atoms with Crippen molar-refractivity contribution in [2.45, 2.75) is 4.90 Å². The number of fused-ring (bicyclic) bond motifs is 2. The summed E-state index contributed by atoms with van der Waals surface area (Å²) in [4.78, 5) is 3.59. The third kappa shape index (κ3) is 3.67.